The summed E-state index contributed by atoms with van der Waals surface area (Å²) in [5.41, 5.74) is 0. The second-order valence-corrected chi connectivity index (χ2v) is 5.48. The topological polar surface area (TPSA) is 73.9 Å². The van der Waals surface area contributed by atoms with E-state index in [1.54, 1.807) is 0 Å². The van der Waals surface area contributed by atoms with Gasteiger partial charge in [0.15, 0.2) is 6.29 Å². The number of sulfonamides is 1. The van der Waals surface area contributed by atoms with Gasteiger partial charge in [-0.1, -0.05) is 12.1 Å². The molecule has 0 bridgehead atoms. The Morgan fingerprint density at radius 2 is 1.76 bits per heavy atom. The molecule has 0 aliphatic carbocycles. The van der Waals surface area contributed by atoms with Gasteiger partial charge < -0.3 is 14.2 Å². The highest BCUT2D eigenvalue weighted by Crippen LogP contribution is 2.29. The second-order valence-electron chi connectivity index (χ2n) is 3.75. The summed E-state index contributed by atoms with van der Waals surface area (Å²) >= 11 is 0. The molecular weight excluding hydrogens is 315 g/mol. The molecule has 0 aliphatic heterocycles. The first-order chi connectivity index (χ1) is 9.69. The lowest BCUT2D eigenvalue weighted by Crippen LogP contribution is -2.34. The van der Waals surface area contributed by atoms with Gasteiger partial charge in [0.2, 0.25) is 10.0 Å². The molecule has 1 aromatic carbocycles. The number of hydrogen-bond acceptors (Lipinski definition) is 5. The molecule has 0 aliphatic rings. The zero-order chi connectivity index (χ0) is 16.1. The Morgan fingerprint density at radius 3 is 2.29 bits per heavy atom. The monoisotopic (exact) mass is 329 g/mol. The zero-order valence-electron chi connectivity index (χ0n) is 11.2. The van der Waals surface area contributed by atoms with E-state index in [9.17, 15) is 21.6 Å². The maximum Gasteiger partial charge on any atom is 0.573 e. The van der Waals surface area contributed by atoms with Crippen molar-refractivity contribution < 1.29 is 35.8 Å². The van der Waals surface area contributed by atoms with Gasteiger partial charge in [-0.05, 0) is 12.1 Å². The Hall–Kier alpha value is -1.36. The molecule has 21 heavy (non-hydrogen) atoms. The number of halogens is 3. The predicted molar refractivity (Wildman–Crippen MR) is 66.1 cm³/mol. The van der Waals surface area contributed by atoms with E-state index in [0.717, 1.165) is 12.1 Å². The van der Waals surface area contributed by atoms with E-state index in [4.69, 9.17) is 9.47 Å². The van der Waals surface area contributed by atoms with E-state index in [1.807, 2.05) is 0 Å². The van der Waals surface area contributed by atoms with Crippen molar-refractivity contribution in [3.63, 3.8) is 0 Å². The number of benzene rings is 1. The molecule has 6 nitrogen and oxygen atoms in total. The molecule has 0 heterocycles. The summed E-state index contributed by atoms with van der Waals surface area (Å²) in [6.45, 7) is -0.268. The van der Waals surface area contributed by atoms with Crippen LogP contribution in [0.15, 0.2) is 29.2 Å². The maximum absolute atomic E-state index is 12.3. The molecule has 0 saturated carbocycles. The summed E-state index contributed by atoms with van der Waals surface area (Å²) < 4.78 is 76.1. The Morgan fingerprint density at radius 1 is 1.19 bits per heavy atom. The van der Waals surface area contributed by atoms with Gasteiger partial charge in [0.25, 0.3) is 0 Å². The first-order valence-corrected chi connectivity index (χ1v) is 7.08. The van der Waals surface area contributed by atoms with Crippen LogP contribution in [0.4, 0.5) is 13.2 Å². The molecule has 10 heteroatoms. The minimum absolute atomic E-state index is 0.268. The van der Waals surface area contributed by atoms with E-state index in [0.29, 0.717) is 0 Å². The molecule has 0 fully saturated rings. The van der Waals surface area contributed by atoms with Crippen LogP contribution in [0.3, 0.4) is 0 Å². The SMILES string of the molecule is COC(CNS(=O)(=O)c1ccccc1OC(F)(F)F)OC. The quantitative estimate of drug-likeness (QED) is 0.767. The van der Waals surface area contributed by atoms with Crippen molar-refractivity contribution in [2.75, 3.05) is 20.8 Å². The third kappa shape index (κ3) is 5.50. The highest BCUT2D eigenvalue weighted by atomic mass is 32.2. The van der Waals surface area contributed by atoms with Crippen LogP contribution in [-0.4, -0.2) is 41.8 Å². The minimum Gasteiger partial charge on any atom is -0.404 e. The molecule has 0 amide bonds. The van der Waals surface area contributed by atoms with Gasteiger partial charge in [0.1, 0.15) is 10.6 Å². The van der Waals surface area contributed by atoms with E-state index >= 15 is 0 Å². The van der Waals surface area contributed by atoms with Crippen LogP contribution in [0.2, 0.25) is 0 Å². The van der Waals surface area contributed by atoms with Crippen molar-refractivity contribution >= 4 is 10.0 Å². The smallest absolute Gasteiger partial charge is 0.404 e. The standard InChI is InChI=1S/C11H14F3NO5S/c1-18-10(19-2)7-15-21(16,17)9-6-4-3-5-8(9)20-11(12,13)14/h3-6,10,15H,7H2,1-2H3. The van der Waals surface area contributed by atoms with Crippen LogP contribution in [0, 0.1) is 0 Å². The first kappa shape index (κ1) is 17.7. The Balaban J connectivity index is 2.98. The van der Waals surface area contributed by atoms with Crippen molar-refractivity contribution in [3.8, 4) is 5.75 Å². The summed E-state index contributed by atoms with van der Waals surface area (Å²) in [7, 11) is -1.62. The van der Waals surface area contributed by atoms with Gasteiger partial charge in [-0.2, -0.15) is 0 Å². The molecule has 1 rings (SSSR count). The van der Waals surface area contributed by atoms with Crippen LogP contribution in [0.5, 0.6) is 5.75 Å². The van der Waals surface area contributed by atoms with Crippen LogP contribution in [0.1, 0.15) is 0 Å². The molecule has 0 radical (unpaired) electrons. The van der Waals surface area contributed by atoms with Gasteiger partial charge in [-0.3, -0.25) is 0 Å². The van der Waals surface area contributed by atoms with E-state index < -0.39 is 33.3 Å². The molecule has 0 aromatic heterocycles. The minimum atomic E-state index is -4.99. The average Bonchev–Trinajstić information content (AvgIpc) is 2.38. The molecular formula is C11H14F3NO5S. The summed E-state index contributed by atoms with van der Waals surface area (Å²) in [5.74, 6) is -0.816. The highest BCUT2D eigenvalue weighted by Gasteiger charge is 2.34. The molecule has 0 unspecified atom stereocenters. The zero-order valence-corrected chi connectivity index (χ0v) is 12.0. The Labute approximate surface area is 119 Å². The van der Waals surface area contributed by atoms with Crippen molar-refractivity contribution in [2.24, 2.45) is 0 Å². The van der Waals surface area contributed by atoms with E-state index in [2.05, 4.69) is 9.46 Å². The summed E-state index contributed by atoms with van der Waals surface area (Å²) in [5, 5.41) is 0. The summed E-state index contributed by atoms with van der Waals surface area (Å²) in [6.07, 6.45) is -5.86. The lowest BCUT2D eigenvalue weighted by Gasteiger charge is -2.16. The highest BCUT2D eigenvalue weighted by molar-refractivity contribution is 7.89. The number of alkyl halides is 3. The van der Waals surface area contributed by atoms with Crippen LogP contribution in [-0.2, 0) is 19.5 Å². The van der Waals surface area contributed by atoms with Gasteiger partial charge in [0.05, 0.1) is 6.54 Å². The van der Waals surface area contributed by atoms with Gasteiger partial charge in [0, 0.05) is 14.2 Å². The number of rotatable bonds is 7. The first-order valence-electron chi connectivity index (χ1n) is 5.59. The molecule has 0 saturated heterocycles. The third-order valence-corrected chi connectivity index (χ3v) is 3.79. The van der Waals surface area contributed by atoms with Crippen molar-refractivity contribution in [1.82, 2.24) is 4.72 Å². The number of hydrogen-bond donors (Lipinski definition) is 1. The van der Waals surface area contributed by atoms with Crippen molar-refractivity contribution in [2.45, 2.75) is 17.5 Å². The fourth-order valence-corrected chi connectivity index (χ4v) is 2.54. The van der Waals surface area contributed by atoms with Crippen LogP contribution < -0.4 is 9.46 Å². The van der Waals surface area contributed by atoms with E-state index in [-0.39, 0.29) is 6.54 Å². The van der Waals surface area contributed by atoms with Crippen molar-refractivity contribution in [1.29, 1.82) is 0 Å². The Bertz CT molecular complexity index is 557. The van der Waals surface area contributed by atoms with Crippen LogP contribution in [0.25, 0.3) is 0 Å². The maximum atomic E-state index is 12.3. The molecule has 0 atom stereocenters. The molecule has 120 valence electrons. The van der Waals surface area contributed by atoms with Gasteiger partial charge in [-0.25, -0.2) is 13.1 Å². The number of methoxy groups -OCH3 is 2. The summed E-state index contributed by atoms with van der Waals surface area (Å²) in [6, 6.07) is 4.42. The number of nitrogens with one attached hydrogen (secondary N) is 1. The fourth-order valence-electron chi connectivity index (χ4n) is 1.40. The van der Waals surface area contributed by atoms with Gasteiger partial charge >= 0.3 is 6.36 Å². The second kappa shape index (κ2) is 7.07. The number of ether oxygens (including phenoxy) is 3. The Kier molecular flexibility index (Phi) is 5.96. The predicted octanol–water partition coefficient (Wildman–Crippen LogP) is 1.48. The number of para-hydroxylation sites is 1. The molecule has 1 aromatic rings. The lowest BCUT2D eigenvalue weighted by molar-refractivity contribution is -0.275. The van der Waals surface area contributed by atoms with E-state index in [1.165, 1.54) is 26.4 Å². The van der Waals surface area contributed by atoms with Crippen molar-refractivity contribution in [3.05, 3.63) is 24.3 Å². The third-order valence-electron chi connectivity index (χ3n) is 2.33. The summed E-state index contributed by atoms with van der Waals surface area (Å²) in [4.78, 5) is -0.631. The largest absolute Gasteiger partial charge is 0.573 e. The molecule has 0 spiro atoms. The fraction of sp³-hybridized carbons (Fsp3) is 0.455. The average molecular weight is 329 g/mol. The lowest BCUT2D eigenvalue weighted by atomic mass is 10.3. The van der Waals surface area contributed by atoms with Crippen LogP contribution >= 0.6 is 0 Å². The normalized spacial score (nSPS) is 12.7. The van der Waals surface area contributed by atoms with Gasteiger partial charge in [-0.15, -0.1) is 13.2 Å². The molecule has 1 N–H and O–H groups in total.